The number of aromatic nitrogens is 1. The predicted molar refractivity (Wildman–Crippen MR) is 102 cm³/mol. The molecular formula is C19H21F3N4O3. The lowest BCUT2D eigenvalue weighted by Gasteiger charge is -2.14. The normalized spacial score (nSPS) is 14.1. The number of anilines is 1. The Hall–Kier alpha value is -3.17. The van der Waals surface area contributed by atoms with Crippen molar-refractivity contribution in [1.82, 2.24) is 10.3 Å². The minimum atomic E-state index is -4.41. The van der Waals surface area contributed by atoms with Gasteiger partial charge >= 0.3 is 6.18 Å². The summed E-state index contributed by atoms with van der Waals surface area (Å²) in [5, 5.41) is 6.22. The number of alkyl halides is 3. The Kier molecular flexibility index (Phi) is 6.63. The predicted octanol–water partition coefficient (Wildman–Crippen LogP) is 3.37. The van der Waals surface area contributed by atoms with E-state index in [0.717, 1.165) is 12.1 Å². The summed E-state index contributed by atoms with van der Waals surface area (Å²) in [7, 11) is 1.61. The lowest BCUT2D eigenvalue weighted by molar-refractivity contribution is -0.154. The van der Waals surface area contributed by atoms with Gasteiger partial charge in [0.1, 0.15) is 0 Å². The van der Waals surface area contributed by atoms with Crippen molar-refractivity contribution in [3.05, 3.63) is 42.1 Å². The van der Waals surface area contributed by atoms with Gasteiger partial charge in [-0.05, 0) is 23.8 Å². The lowest BCUT2D eigenvalue weighted by atomic mass is 10.2. The van der Waals surface area contributed by atoms with Crippen LogP contribution in [0.5, 0.6) is 17.4 Å². The van der Waals surface area contributed by atoms with Gasteiger partial charge in [0.2, 0.25) is 5.88 Å². The second kappa shape index (κ2) is 9.35. The summed E-state index contributed by atoms with van der Waals surface area (Å²) in [5.74, 6) is 1.74. The summed E-state index contributed by atoms with van der Waals surface area (Å²) in [6.45, 7) is 0.132. The Labute approximate surface area is 165 Å². The number of rotatable bonds is 5. The van der Waals surface area contributed by atoms with Crippen molar-refractivity contribution in [2.75, 3.05) is 32.2 Å². The first-order chi connectivity index (χ1) is 13.9. The summed E-state index contributed by atoms with van der Waals surface area (Å²) in [6, 6.07) is 8.61. The van der Waals surface area contributed by atoms with Crippen LogP contribution in [0.15, 0.2) is 41.5 Å². The van der Waals surface area contributed by atoms with E-state index in [2.05, 4.69) is 25.3 Å². The molecule has 156 valence electrons. The van der Waals surface area contributed by atoms with Gasteiger partial charge in [0, 0.05) is 44.0 Å². The topological polar surface area (TPSA) is 77.0 Å². The third-order valence-corrected chi connectivity index (χ3v) is 3.88. The van der Waals surface area contributed by atoms with E-state index in [1.54, 1.807) is 13.1 Å². The molecule has 2 heterocycles. The average Bonchev–Trinajstić information content (AvgIpc) is 2.94. The van der Waals surface area contributed by atoms with Gasteiger partial charge in [-0.25, -0.2) is 4.98 Å². The Balaban J connectivity index is 1.58. The molecule has 2 N–H and O–H groups in total. The Morgan fingerprint density at radius 3 is 2.72 bits per heavy atom. The molecule has 0 spiro atoms. The summed E-state index contributed by atoms with van der Waals surface area (Å²) in [6.07, 6.45) is -2.20. The summed E-state index contributed by atoms with van der Waals surface area (Å²) >= 11 is 0. The van der Waals surface area contributed by atoms with Gasteiger partial charge in [-0.3, -0.25) is 4.99 Å². The number of halogens is 3. The zero-order chi connectivity index (χ0) is 20.7. The molecule has 0 unspecified atom stereocenters. The smallest absolute Gasteiger partial charge is 0.422 e. The number of ether oxygens (including phenoxy) is 3. The molecule has 10 heteroatoms. The quantitative estimate of drug-likeness (QED) is 0.582. The largest absolute Gasteiger partial charge is 0.490 e. The first kappa shape index (κ1) is 20.6. The molecule has 1 aliphatic heterocycles. The molecule has 0 atom stereocenters. The SMILES string of the molecule is CN=C(NCc1ccnc(OCC(F)(F)F)c1)Nc1ccc2c(c1)OCCCO2. The fraction of sp³-hybridized carbons (Fsp3) is 0.368. The van der Waals surface area contributed by atoms with E-state index in [9.17, 15) is 13.2 Å². The third kappa shape index (κ3) is 6.44. The Morgan fingerprint density at radius 1 is 1.17 bits per heavy atom. The van der Waals surface area contributed by atoms with E-state index in [1.165, 1.54) is 12.3 Å². The maximum atomic E-state index is 12.3. The van der Waals surface area contributed by atoms with Crippen LogP contribution in [0.25, 0.3) is 0 Å². The zero-order valence-electron chi connectivity index (χ0n) is 15.8. The Bertz CT molecular complexity index is 859. The van der Waals surface area contributed by atoms with Gasteiger partial charge in [0.25, 0.3) is 0 Å². The van der Waals surface area contributed by atoms with Crippen LogP contribution in [0.4, 0.5) is 18.9 Å². The van der Waals surface area contributed by atoms with E-state index in [1.807, 2.05) is 18.2 Å². The molecule has 0 amide bonds. The number of hydrogen-bond acceptors (Lipinski definition) is 5. The number of aliphatic imine (C=N–C) groups is 1. The summed E-state index contributed by atoms with van der Waals surface area (Å²) in [5.41, 5.74) is 1.45. The van der Waals surface area contributed by atoms with Crippen LogP contribution in [0.3, 0.4) is 0 Å². The van der Waals surface area contributed by atoms with Gasteiger partial charge in [0.05, 0.1) is 13.2 Å². The van der Waals surface area contributed by atoms with E-state index < -0.39 is 12.8 Å². The van der Waals surface area contributed by atoms with Crippen molar-refractivity contribution in [2.45, 2.75) is 19.1 Å². The summed E-state index contributed by atoms with van der Waals surface area (Å²) in [4.78, 5) is 7.93. The maximum absolute atomic E-state index is 12.3. The average molecular weight is 410 g/mol. The molecule has 0 saturated carbocycles. The first-order valence-electron chi connectivity index (χ1n) is 8.95. The minimum Gasteiger partial charge on any atom is -0.490 e. The molecular weight excluding hydrogens is 389 g/mol. The highest BCUT2D eigenvalue weighted by molar-refractivity contribution is 5.93. The molecule has 0 bridgehead atoms. The highest BCUT2D eigenvalue weighted by atomic mass is 19.4. The van der Waals surface area contributed by atoms with Gasteiger partial charge in [-0.2, -0.15) is 13.2 Å². The van der Waals surface area contributed by atoms with E-state index >= 15 is 0 Å². The Morgan fingerprint density at radius 2 is 1.97 bits per heavy atom. The van der Waals surface area contributed by atoms with E-state index in [0.29, 0.717) is 42.8 Å². The molecule has 1 aliphatic rings. The number of pyridine rings is 1. The molecule has 0 fully saturated rings. The van der Waals surface area contributed by atoms with Crippen molar-refractivity contribution in [1.29, 1.82) is 0 Å². The molecule has 1 aromatic carbocycles. The molecule has 2 aromatic rings. The van der Waals surface area contributed by atoms with Gasteiger partial charge in [0.15, 0.2) is 24.1 Å². The summed E-state index contributed by atoms with van der Waals surface area (Å²) < 4.78 is 52.8. The monoisotopic (exact) mass is 410 g/mol. The fourth-order valence-electron chi connectivity index (χ4n) is 2.54. The molecule has 29 heavy (non-hydrogen) atoms. The molecule has 3 rings (SSSR count). The molecule has 0 saturated heterocycles. The van der Waals surface area contributed by atoms with Crippen molar-refractivity contribution in [3.63, 3.8) is 0 Å². The standard InChI is InChI=1S/C19H21F3N4O3/c1-23-18(26-14-3-4-15-16(10-14)28-8-2-7-27-15)25-11-13-5-6-24-17(9-13)29-12-19(20,21)22/h3-6,9-10H,2,7-8,11-12H2,1H3,(H2,23,25,26). The second-order valence-electron chi connectivity index (χ2n) is 6.17. The van der Waals surface area contributed by atoms with Gasteiger partial charge in [-0.15, -0.1) is 0 Å². The molecule has 0 radical (unpaired) electrons. The van der Waals surface area contributed by atoms with Crippen LogP contribution in [0, 0.1) is 0 Å². The number of nitrogens with zero attached hydrogens (tertiary/aromatic N) is 2. The van der Waals surface area contributed by atoms with Crippen LogP contribution in [0.2, 0.25) is 0 Å². The lowest BCUT2D eigenvalue weighted by Crippen LogP contribution is -2.30. The number of fused-ring (bicyclic) bond motifs is 1. The fourth-order valence-corrected chi connectivity index (χ4v) is 2.54. The van der Waals surface area contributed by atoms with Crippen molar-refractivity contribution in [3.8, 4) is 17.4 Å². The van der Waals surface area contributed by atoms with Gasteiger partial charge < -0.3 is 24.8 Å². The number of hydrogen-bond donors (Lipinski definition) is 2. The minimum absolute atomic E-state index is 0.0903. The number of benzene rings is 1. The van der Waals surface area contributed by atoms with Crippen molar-refractivity contribution in [2.24, 2.45) is 4.99 Å². The van der Waals surface area contributed by atoms with Crippen LogP contribution in [0.1, 0.15) is 12.0 Å². The zero-order valence-corrected chi connectivity index (χ0v) is 15.8. The molecule has 7 nitrogen and oxygen atoms in total. The van der Waals surface area contributed by atoms with Crippen LogP contribution < -0.4 is 24.8 Å². The third-order valence-electron chi connectivity index (χ3n) is 3.88. The van der Waals surface area contributed by atoms with Crippen LogP contribution >= 0.6 is 0 Å². The molecule has 0 aliphatic carbocycles. The number of nitrogens with one attached hydrogen (secondary N) is 2. The molecule has 1 aromatic heterocycles. The highest BCUT2D eigenvalue weighted by Crippen LogP contribution is 2.32. The van der Waals surface area contributed by atoms with E-state index in [4.69, 9.17) is 9.47 Å². The highest BCUT2D eigenvalue weighted by Gasteiger charge is 2.28. The van der Waals surface area contributed by atoms with E-state index in [-0.39, 0.29) is 5.88 Å². The van der Waals surface area contributed by atoms with Crippen molar-refractivity contribution < 1.29 is 27.4 Å². The maximum Gasteiger partial charge on any atom is 0.422 e. The number of guanidine groups is 1. The first-order valence-corrected chi connectivity index (χ1v) is 8.95. The second-order valence-corrected chi connectivity index (χ2v) is 6.17. The van der Waals surface area contributed by atoms with Crippen LogP contribution in [-0.2, 0) is 6.54 Å². The van der Waals surface area contributed by atoms with Crippen molar-refractivity contribution >= 4 is 11.6 Å². The van der Waals surface area contributed by atoms with Crippen LogP contribution in [-0.4, -0.2) is 44.0 Å². The van der Waals surface area contributed by atoms with Gasteiger partial charge in [-0.1, -0.05) is 0 Å².